The zero-order valence-electron chi connectivity index (χ0n) is 12.2. The van der Waals surface area contributed by atoms with Crippen LogP contribution in [0.5, 0.6) is 0 Å². The Labute approximate surface area is 111 Å². The predicted molar refractivity (Wildman–Crippen MR) is 72.8 cm³/mol. The van der Waals surface area contributed by atoms with Crippen LogP contribution in [0, 0.1) is 5.92 Å². The molecule has 0 saturated carbocycles. The van der Waals surface area contributed by atoms with Crippen molar-refractivity contribution < 1.29 is 9.47 Å². The summed E-state index contributed by atoms with van der Waals surface area (Å²) in [5, 5.41) is 3.44. The van der Waals surface area contributed by atoms with E-state index in [-0.39, 0.29) is 5.60 Å². The molecule has 2 heterocycles. The average molecular weight is 256 g/mol. The van der Waals surface area contributed by atoms with E-state index in [9.17, 15) is 0 Å². The number of hydrogen-bond acceptors (Lipinski definition) is 4. The molecule has 2 aliphatic rings. The topological polar surface area (TPSA) is 33.7 Å². The molecule has 0 aliphatic carbocycles. The molecule has 2 rings (SSSR count). The van der Waals surface area contributed by atoms with Crippen LogP contribution in [0.2, 0.25) is 0 Å². The van der Waals surface area contributed by atoms with Gasteiger partial charge in [0.15, 0.2) is 0 Å². The average Bonchev–Trinajstić information content (AvgIpc) is 2.85. The number of hydrogen-bond donors (Lipinski definition) is 1. The monoisotopic (exact) mass is 256 g/mol. The van der Waals surface area contributed by atoms with Crippen LogP contribution in [0.1, 0.15) is 26.7 Å². The van der Waals surface area contributed by atoms with Crippen molar-refractivity contribution in [3.8, 4) is 0 Å². The fourth-order valence-electron chi connectivity index (χ4n) is 3.38. The van der Waals surface area contributed by atoms with Crippen LogP contribution in [0.3, 0.4) is 0 Å². The first-order chi connectivity index (χ1) is 8.62. The number of likely N-dealkylation sites (tertiary alicyclic amines) is 1. The van der Waals surface area contributed by atoms with Gasteiger partial charge in [-0.2, -0.15) is 0 Å². The Hall–Kier alpha value is -0.160. The molecule has 2 saturated heterocycles. The molecular formula is C14H28N2O2. The quantitative estimate of drug-likeness (QED) is 0.817. The number of nitrogens with zero attached hydrogens (tertiary/aromatic N) is 1. The summed E-state index contributed by atoms with van der Waals surface area (Å²) in [5.74, 6) is 0.681. The van der Waals surface area contributed by atoms with Crippen molar-refractivity contribution in [2.45, 2.75) is 44.4 Å². The van der Waals surface area contributed by atoms with Crippen molar-refractivity contribution in [1.29, 1.82) is 0 Å². The molecule has 0 radical (unpaired) electrons. The zero-order valence-corrected chi connectivity index (χ0v) is 12.2. The zero-order chi connectivity index (χ0) is 13.2. The normalized spacial score (nSPS) is 42.3. The smallest absolute Gasteiger partial charge is 0.106 e. The summed E-state index contributed by atoms with van der Waals surface area (Å²) >= 11 is 0. The lowest BCUT2D eigenvalue weighted by Crippen LogP contribution is -2.57. The Balaban J connectivity index is 1.97. The van der Waals surface area contributed by atoms with Gasteiger partial charge in [-0.25, -0.2) is 0 Å². The van der Waals surface area contributed by atoms with E-state index in [2.05, 4.69) is 31.1 Å². The molecule has 0 bridgehead atoms. The number of methoxy groups -OCH3 is 1. The van der Waals surface area contributed by atoms with Gasteiger partial charge in [0, 0.05) is 45.3 Å². The summed E-state index contributed by atoms with van der Waals surface area (Å²) in [6, 6.07) is 1.25. The van der Waals surface area contributed by atoms with Crippen LogP contribution < -0.4 is 5.32 Å². The maximum Gasteiger partial charge on any atom is 0.106 e. The van der Waals surface area contributed by atoms with E-state index < -0.39 is 0 Å². The van der Waals surface area contributed by atoms with E-state index >= 15 is 0 Å². The summed E-state index contributed by atoms with van der Waals surface area (Å²) < 4.78 is 11.3. The van der Waals surface area contributed by atoms with Crippen molar-refractivity contribution in [1.82, 2.24) is 10.2 Å². The van der Waals surface area contributed by atoms with E-state index in [4.69, 9.17) is 9.47 Å². The van der Waals surface area contributed by atoms with Crippen LogP contribution in [0.4, 0.5) is 0 Å². The molecule has 1 N–H and O–H groups in total. The van der Waals surface area contributed by atoms with Crippen molar-refractivity contribution in [2.24, 2.45) is 5.92 Å². The molecule has 0 amide bonds. The lowest BCUT2D eigenvalue weighted by molar-refractivity contribution is -0.0602. The summed E-state index contributed by atoms with van der Waals surface area (Å²) in [4.78, 5) is 2.58. The summed E-state index contributed by atoms with van der Waals surface area (Å²) in [5.41, 5.74) is -0.0690. The second-order valence-electron chi connectivity index (χ2n) is 5.94. The SMILES string of the molecule is CNC1CCN(CC2(OC)CCOC2)C(C)C1C. The highest BCUT2D eigenvalue weighted by Crippen LogP contribution is 2.29. The lowest BCUT2D eigenvalue weighted by Gasteiger charge is -2.45. The second kappa shape index (κ2) is 5.87. The molecule has 2 fully saturated rings. The van der Waals surface area contributed by atoms with Crippen molar-refractivity contribution in [3.05, 3.63) is 0 Å². The summed E-state index contributed by atoms with van der Waals surface area (Å²) in [6.07, 6.45) is 2.25. The molecule has 0 aromatic rings. The highest BCUT2D eigenvalue weighted by Gasteiger charge is 2.40. The van der Waals surface area contributed by atoms with Crippen LogP contribution in [0.25, 0.3) is 0 Å². The number of piperidine rings is 1. The molecule has 106 valence electrons. The maximum atomic E-state index is 5.76. The number of ether oxygens (including phenoxy) is 2. The molecule has 0 aromatic heterocycles. The molecule has 18 heavy (non-hydrogen) atoms. The number of rotatable bonds is 4. The third-order valence-electron chi connectivity index (χ3n) is 5.06. The van der Waals surface area contributed by atoms with Gasteiger partial charge >= 0.3 is 0 Å². The van der Waals surface area contributed by atoms with E-state index in [0.717, 1.165) is 32.7 Å². The predicted octanol–water partition coefficient (Wildman–Crippen LogP) is 1.11. The Morgan fingerprint density at radius 1 is 1.44 bits per heavy atom. The van der Waals surface area contributed by atoms with Gasteiger partial charge < -0.3 is 14.8 Å². The minimum Gasteiger partial charge on any atom is -0.378 e. The fraction of sp³-hybridized carbons (Fsp3) is 1.00. The van der Waals surface area contributed by atoms with Gasteiger partial charge in [0.2, 0.25) is 0 Å². The van der Waals surface area contributed by atoms with Crippen LogP contribution in [0.15, 0.2) is 0 Å². The Morgan fingerprint density at radius 2 is 2.22 bits per heavy atom. The largest absolute Gasteiger partial charge is 0.378 e. The standard InChI is InChI=1S/C14H28N2O2/c1-11-12(2)16(7-5-13(11)15-3)9-14(17-4)6-8-18-10-14/h11-13,15H,5-10H2,1-4H3. The Kier molecular flexibility index (Phi) is 4.64. The Bertz CT molecular complexity index is 267. The third-order valence-corrected chi connectivity index (χ3v) is 5.06. The minimum absolute atomic E-state index is 0.0690. The van der Waals surface area contributed by atoms with Crippen molar-refractivity contribution in [3.63, 3.8) is 0 Å². The van der Waals surface area contributed by atoms with Gasteiger partial charge in [-0.1, -0.05) is 6.92 Å². The van der Waals surface area contributed by atoms with E-state index in [1.165, 1.54) is 6.42 Å². The molecule has 2 aliphatic heterocycles. The minimum atomic E-state index is -0.0690. The van der Waals surface area contributed by atoms with Gasteiger partial charge in [-0.15, -0.1) is 0 Å². The van der Waals surface area contributed by atoms with E-state index in [0.29, 0.717) is 18.0 Å². The Morgan fingerprint density at radius 3 is 2.78 bits per heavy atom. The van der Waals surface area contributed by atoms with Crippen LogP contribution >= 0.6 is 0 Å². The van der Waals surface area contributed by atoms with Gasteiger partial charge in [-0.05, 0) is 26.3 Å². The van der Waals surface area contributed by atoms with Crippen molar-refractivity contribution >= 4 is 0 Å². The first-order valence-corrected chi connectivity index (χ1v) is 7.16. The number of nitrogens with one attached hydrogen (secondary N) is 1. The molecular weight excluding hydrogens is 228 g/mol. The van der Waals surface area contributed by atoms with Crippen molar-refractivity contribution in [2.75, 3.05) is 40.5 Å². The highest BCUT2D eigenvalue weighted by atomic mass is 16.5. The maximum absolute atomic E-state index is 5.76. The van der Waals surface area contributed by atoms with E-state index in [1.807, 2.05) is 7.11 Å². The van der Waals surface area contributed by atoms with Gasteiger partial charge in [0.05, 0.1) is 6.61 Å². The molecule has 0 aromatic carbocycles. The molecule has 4 unspecified atom stereocenters. The van der Waals surface area contributed by atoms with Gasteiger partial charge in [-0.3, -0.25) is 4.90 Å². The molecule has 4 nitrogen and oxygen atoms in total. The summed E-state index contributed by atoms with van der Waals surface area (Å²) in [7, 11) is 3.90. The van der Waals surface area contributed by atoms with Crippen LogP contribution in [-0.2, 0) is 9.47 Å². The lowest BCUT2D eigenvalue weighted by atomic mass is 9.86. The summed E-state index contributed by atoms with van der Waals surface area (Å²) in [6.45, 7) is 8.44. The van der Waals surface area contributed by atoms with Gasteiger partial charge in [0.1, 0.15) is 5.60 Å². The fourth-order valence-corrected chi connectivity index (χ4v) is 3.38. The first-order valence-electron chi connectivity index (χ1n) is 7.16. The molecule has 4 heteroatoms. The van der Waals surface area contributed by atoms with E-state index in [1.54, 1.807) is 0 Å². The third kappa shape index (κ3) is 2.72. The van der Waals surface area contributed by atoms with Gasteiger partial charge in [0.25, 0.3) is 0 Å². The first kappa shape index (κ1) is 14.3. The highest BCUT2D eigenvalue weighted by molar-refractivity contribution is 4.94. The van der Waals surface area contributed by atoms with Crippen LogP contribution in [-0.4, -0.2) is 63.0 Å². The molecule has 4 atom stereocenters. The molecule has 0 spiro atoms. The second-order valence-corrected chi connectivity index (χ2v) is 5.94.